The second-order valence-electron chi connectivity index (χ2n) is 21.9. The summed E-state index contributed by atoms with van der Waals surface area (Å²) in [7, 11) is 0. The fraction of sp³-hybridized carbons (Fsp3) is 0.325. The molecule has 0 heterocycles. The minimum atomic E-state index is 0. The smallest absolute Gasteiger partial charge is 0 e. The first-order valence-electron chi connectivity index (χ1n) is 28.2. The zero-order valence-electron chi connectivity index (χ0n) is 58.7. The molecule has 0 aliphatic rings. The maximum atomic E-state index is 3.24. The van der Waals surface area contributed by atoms with E-state index in [1.54, 1.807) is 0 Å². The summed E-state index contributed by atoms with van der Waals surface area (Å²) in [5.41, 5.74) is 34.3. The standard InChI is InChI=1S/C9H12.5C9H11.C9H12.C9H11.C8H9.7Y/c6*1-7-4-5-8(2)9(3)6-7;2*1-7-5-4-6-8(2)9(7)3;1-7-5-3-4-6-8(7)2;;;;;;;/h4-6H,1-3H3;3*5-6H,1-3H3;4,6H,1-3H3;4-5H,1-3H3;4-6H,1-3H3;5-6H,1-3H3;3,5-6H,1-2H3;;;;;;;/q;5*-1;;2*-1;;;;;;;. The van der Waals surface area contributed by atoms with E-state index in [1.807, 2.05) is 48.5 Å². The van der Waals surface area contributed by atoms with Crippen molar-refractivity contribution in [2.24, 2.45) is 0 Å². The largest absolute Gasteiger partial charge is 0.184 e. The summed E-state index contributed by atoms with van der Waals surface area (Å²) in [6.07, 6.45) is 0. The van der Waals surface area contributed by atoms with Crippen molar-refractivity contribution in [3.63, 3.8) is 0 Å². The van der Waals surface area contributed by atoms with Crippen molar-refractivity contribution in [1.29, 1.82) is 0 Å². The van der Waals surface area contributed by atoms with Crippen molar-refractivity contribution in [3.8, 4) is 0 Å². The van der Waals surface area contributed by atoms with Gasteiger partial charge in [-0.3, -0.25) is 0 Å². The van der Waals surface area contributed by atoms with Crippen molar-refractivity contribution in [2.45, 2.75) is 180 Å². The maximum Gasteiger partial charge on any atom is 0 e. The predicted molar refractivity (Wildman–Crippen MR) is 353 cm³/mol. The molecule has 9 aromatic rings. The molecular formula is C80H99Y7-7. The third-order valence-corrected chi connectivity index (χ3v) is 14.5. The molecule has 447 valence electrons. The van der Waals surface area contributed by atoms with Gasteiger partial charge in [-0.05, 0) is 69.4 Å². The Balaban J connectivity index is -0.000000164. The topological polar surface area (TPSA) is 0 Å². The summed E-state index contributed by atoms with van der Waals surface area (Å²) in [6, 6.07) is 65.7. The Labute approximate surface area is 711 Å². The summed E-state index contributed by atoms with van der Waals surface area (Å²) in [4.78, 5) is 0. The fourth-order valence-electron chi connectivity index (χ4n) is 7.29. The molecule has 7 heteroatoms. The van der Waals surface area contributed by atoms with Crippen LogP contribution >= 0.6 is 0 Å². The van der Waals surface area contributed by atoms with Crippen molar-refractivity contribution in [2.75, 3.05) is 0 Å². The van der Waals surface area contributed by atoms with Gasteiger partial charge < -0.3 is 0 Å². The quantitative estimate of drug-likeness (QED) is 0.133. The maximum absolute atomic E-state index is 3.24. The molecule has 0 unspecified atom stereocenters. The minimum Gasteiger partial charge on any atom is -0.184 e. The van der Waals surface area contributed by atoms with E-state index in [-0.39, 0.29) is 229 Å². The minimum absolute atomic E-state index is 0. The monoisotopic (exact) mass is 1680 g/mol. The van der Waals surface area contributed by atoms with Gasteiger partial charge in [-0.2, -0.15) is 245 Å². The number of rotatable bonds is 0. The first-order valence-corrected chi connectivity index (χ1v) is 28.2. The molecule has 9 aromatic carbocycles. The number of hydrogen-bond acceptors (Lipinski definition) is 0. The third-order valence-electron chi connectivity index (χ3n) is 14.5. The van der Waals surface area contributed by atoms with Crippen LogP contribution in [0.1, 0.15) is 145 Å². The van der Waals surface area contributed by atoms with Crippen LogP contribution in [0.4, 0.5) is 0 Å². The van der Waals surface area contributed by atoms with Crippen molar-refractivity contribution in [1.82, 2.24) is 0 Å². The van der Waals surface area contributed by atoms with Crippen LogP contribution in [0.5, 0.6) is 0 Å². The zero-order chi connectivity index (χ0) is 60.8. The number of benzene rings is 9. The Morgan fingerprint density at radius 2 is 0.575 bits per heavy atom. The molecule has 0 aliphatic heterocycles. The molecular weight excluding hydrogens is 1580 g/mol. The van der Waals surface area contributed by atoms with E-state index in [0.717, 1.165) is 0 Å². The summed E-state index contributed by atoms with van der Waals surface area (Å²) < 4.78 is 0. The second-order valence-corrected chi connectivity index (χ2v) is 21.9. The summed E-state index contributed by atoms with van der Waals surface area (Å²) in [6.45, 7) is 54.8. The molecule has 0 spiro atoms. The Morgan fingerprint density at radius 3 is 0.862 bits per heavy atom. The van der Waals surface area contributed by atoms with E-state index in [9.17, 15) is 0 Å². The van der Waals surface area contributed by atoms with E-state index in [1.165, 1.54) is 145 Å². The van der Waals surface area contributed by atoms with Crippen LogP contribution in [0.15, 0.2) is 127 Å². The van der Waals surface area contributed by atoms with Gasteiger partial charge in [-0.25, -0.2) is 0 Å². The van der Waals surface area contributed by atoms with Crippen LogP contribution in [-0.2, 0) is 229 Å². The molecule has 0 aromatic heterocycles. The Bertz CT molecular complexity index is 2800. The van der Waals surface area contributed by atoms with Gasteiger partial charge in [0.25, 0.3) is 0 Å². The summed E-state index contributed by atoms with van der Waals surface area (Å²) >= 11 is 0. The molecule has 0 nitrogen and oxygen atoms in total. The fourth-order valence-corrected chi connectivity index (χ4v) is 7.29. The molecule has 0 saturated heterocycles. The summed E-state index contributed by atoms with van der Waals surface area (Å²) in [5, 5.41) is 0. The summed E-state index contributed by atoms with van der Waals surface area (Å²) in [5.74, 6) is 0. The normalized spacial score (nSPS) is 8.85. The van der Waals surface area contributed by atoms with Crippen molar-refractivity contribution >= 4 is 0 Å². The molecule has 0 saturated carbocycles. The predicted octanol–water partition coefficient (Wildman–Crippen LogP) is 21.8. The van der Waals surface area contributed by atoms with Crippen molar-refractivity contribution < 1.29 is 229 Å². The van der Waals surface area contributed by atoms with Crippen LogP contribution in [0, 0.1) is 222 Å². The van der Waals surface area contributed by atoms with Gasteiger partial charge in [0.15, 0.2) is 0 Å². The van der Waals surface area contributed by atoms with Gasteiger partial charge in [0.2, 0.25) is 0 Å². The zero-order valence-corrected chi connectivity index (χ0v) is 78.5. The van der Waals surface area contributed by atoms with Gasteiger partial charge in [-0.1, -0.05) is 180 Å². The van der Waals surface area contributed by atoms with Crippen LogP contribution in [-0.4, -0.2) is 0 Å². The van der Waals surface area contributed by atoms with Gasteiger partial charge in [0.1, 0.15) is 0 Å². The molecule has 0 amide bonds. The van der Waals surface area contributed by atoms with Crippen LogP contribution in [0.25, 0.3) is 0 Å². The number of hydrogen-bond donors (Lipinski definition) is 0. The van der Waals surface area contributed by atoms with E-state index >= 15 is 0 Å². The third kappa shape index (κ3) is 44.9. The molecule has 9 rings (SSSR count). The van der Waals surface area contributed by atoms with Gasteiger partial charge in [0, 0.05) is 229 Å². The first-order chi connectivity index (χ1) is 37.4. The Morgan fingerprint density at radius 1 is 0.218 bits per heavy atom. The molecule has 7 radical (unpaired) electrons. The SMILES string of the molecule is Cc1[c-]c(C)c(C)cc1.Cc1[c-]cc(C)c(C)c1.Cc1[c-]cc(C)c(C)c1.Cc1[c-]cc(C)c(C)c1.Cc1c[c-]c(C)c(C)c1.Cc1c[c-]cc(C)c1C.Cc1c[c-]ccc1C.Cc1ccc(C)c(C)c1.Cc1cccc(C)c1C.[Y].[Y].[Y].[Y].[Y].[Y].[Y]. The van der Waals surface area contributed by atoms with E-state index in [0.29, 0.717) is 0 Å². The van der Waals surface area contributed by atoms with Crippen LogP contribution in [0.3, 0.4) is 0 Å². The van der Waals surface area contributed by atoms with E-state index < -0.39 is 0 Å². The average molecular weight is 1680 g/mol. The molecule has 87 heavy (non-hydrogen) atoms. The molecule has 0 atom stereocenters. The van der Waals surface area contributed by atoms with Crippen LogP contribution in [0.2, 0.25) is 0 Å². The first kappa shape index (κ1) is 101. The van der Waals surface area contributed by atoms with E-state index in [4.69, 9.17) is 0 Å². The Kier molecular flexibility index (Phi) is 65.1. The Hall–Kier alpha value is 0.707. The van der Waals surface area contributed by atoms with Crippen LogP contribution < -0.4 is 0 Å². The van der Waals surface area contributed by atoms with Gasteiger partial charge in [-0.15, -0.1) is 0 Å². The van der Waals surface area contributed by atoms with Gasteiger partial charge >= 0.3 is 0 Å². The van der Waals surface area contributed by atoms with Gasteiger partial charge in [0.05, 0.1) is 0 Å². The van der Waals surface area contributed by atoms with E-state index in [2.05, 4.69) is 301 Å². The molecule has 0 aliphatic carbocycles. The number of aryl methyl sites for hydroxylation is 24. The molecule has 0 bridgehead atoms. The van der Waals surface area contributed by atoms with Crippen molar-refractivity contribution in [3.05, 3.63) is 315 Å². The second kappa shape index (κ2) is 55.9. The molecule has 0 fully saturated rings. The molecule has 0 N–H and O–H groups in total. The average Bonchev–Trinajstić information content (AvgIpc) is 3.40.